The second-order valence-corrected chi connectivity index (χ2v) is 3.39. The Kier molecular flexibility index (Phi) is 3.26. The summed E-state index contributed by atoms with van der Waals surface area (Å²) in [6.45, 7) is 1.67. The molecule has 0 fully saturated rings. The SMILES string of the molecule is CC(Cl)c1cccc(OC(F)(F)F)c1. The van der Waals surface area contributed by atoms with Gasteiger partial charge in [-0.1, -0.05) is 12.1 Å². The molecule has 1 unspecified atom stereocenters. The number of halogens is 4. The average molecular weight is 225 g/mol. The van der Waals surface area contributed by atoms with E-state index in [1.54, 1.807) is 13.0 Å². The van der Waals surface area contributed by atoms with E-state index in [1.807, 2.05) is 0 Å². The van der Waals surface area contributed by atoms with Gasteiger partial charge in [0.2, 0.25) is 0 Å². The average Bonchev–Trinajstić information content (AvgIpc) is 2.01. The van der Waals surface area contributed by atoms with Crippen LogP contribution in [0, 0.1) is 0 Å². The maximum atomic E-state index is 11.8. The van der Waals surface area contributed by atoms with E-state index in [0.29, 0.717) is 5.56 Å². The number of rotatable bonds is 2. The van der Waals surface area contributed by atoms with Crippen molar-refractivity contribution in [2.75, 3.05) is 0 Å². The second kappa shape index (κ2) is 4.09. The topological polar surface area (TPSA) is 9.23 Å². The van der Waals surface area contributed by atoms with Crippen LogP contribution < -0.4 is 4.74 Å². The van der Waals surface area contributed by atoms with Crippen molar-refractivity contribution in [2.45, 2.75) is 18.7 Å². The lowest BCUT2D eigenvalue weighted by molar-refractivity contribution is -0.274. The number of benzene rings is 1. The molecule has 78 valence electrons. The normalized spacial score (nSPS) is 13.8. The monoisotopic (exact) mass is 224 g/mol. The zero-order valence-corrected chi connectivity index (χ0v) is 8.06. The Hall–Kier alpha value is -0.900. The van der Waals surface area contributed by atoms with Crippen LogP contribution in [-0.4, -0.2) is 6.36 Å². The van der Waals surface area contributed by atoms with Gasteiger partial charge in [0.1, 0.15) is 5.75 Å². The molecule has 0 aliphatic carbocycles. The second-order valence-electron chi connectivity index (χ2n) is 2.74. The predicted molar refractivity (Wildman–Crippen MR) is 47.4 cm³/mol. The lowest BCUT2D eigenvalue weighted by atomic mass is 10.1. The minimum absolute atomic E-state index is 0.248. The van der Waals surface area contributed by atoms with Gasteiger partial charge in [-0.15, -0.1) is 24.8 Å². The van der Waals surface area contributed by atoms with E-state index in [9.17, 15) is 13.2 Å². The van der Waals surface area contributed by atoms with Crippen molar-refractivity contribution >= 4 is 11.6 Å². The summed E-state index contributed by atoms with van der Waals surface area (Å²) in [5, 5.41) is -0.341. The van der Waals surface area contributed by atoms with Gasteiger partial charge in [0.25, 0.3) is 0 Å². The molecule has 1 aromatic carbocycles. The molecule has 0 saturated heterocycles. The van der Waals surface area contributed by atoms with Gasteiger partial charge in [-0.2, -0.15) is 0 Å². The zero-order valence-electron chi connectivity index (χ0n) is 7.31. The molecule has 0 aromatic heterocycles. The van der Waals surface area contributed by atoms with Crippen molar-refractivity contribution in [3.05, 3.63) is 29.8 Å². The summed E-state index contributed by atoms with van der Waals surface area (Å²) in [6.07, 6.45) is -4.66. The third-order valence-corrected chi connectivity index (χ3v) is 1.80. The highest BCUT2D eigenvalue weighted by Gasteiger charge is 2.31. The van der Waals surface area contributed by atoms with E-state index >= 15 is 0 Å². The maximum Gasteiger partial charge on any atom is 0.573 e. The molecule has 0 N–H and O–H groups in total. The quantitative estimate of drug-likeness (QED) is 0.693. The van der Waals surface area contributed by atoms with Crippen molar-refractivity contribution in [1.29, 1.82) is 0 Å². The Morgan fingerprint density at radius 3 is 2.50 bits per heavy atom. The Morgan fingerprint density at radius 1 is 1.36 bits per heavy atom. The molecule has 1 aromatic rings. The van der Waals surface area contributed by atoms with Crippen LogP contribution in [0.15, 0.2) is 24.3 Å². The third kappa shape index (κ3) is 3.46. The first kappa shape index (κ1) is 11.2. The van der Waals surface area contributed by atoms with E-state index in [0.717, 1.165) is 0 Å². The number of alkyl halides is 4. The van der Waals surface area contributed by atoms with Gasteiger partial charge >= 0.3 is 6.36 Å². The number of ether oxygens (including phenoxy) is 1. The molecule has 1 nitrogen and oxygen atoms in total. The van der Waals surface area contributed by atoms with Crippen LogP contribution in [0.4, 0.5) is 13.2 Å². The molecular weight excluding hydrogens is 217 g/mol. The minimum atomic E-state index is -4.66. The highest BCUT2D eigenvalue weighted by atomic mass is 35.5. The van der Waals surface area contributed by atoms with E-state index in [-0.39, 0.29) is 11.1 Å². The molecule has 0 aliphatic rings. The lowest BCUT2D eigenvalue weighted by Crippen LogP contribution is -2.17. The highest BCUT2D eigenvalue weighted by Crippen LogP contribution is 2.27. The highest BCUT2D eigenvalue weighted by molar-refractivity contribution is 6.20. The Bertz CT molecular complexity index is 309. The van der Waals surface area contributed by atoms with E-state index in [2.05, 4.69) is 4.74 Å². The molecule has 0 radical (unpaired) electrons. The molecule has 0 spiro atoms. The van der Waals surface area contributed by atoms with E-state index < -0.39 is 6.36 Å². The molecule has 1 atom stereocenters. The molecule has 5 heteroatoms. The summed E-state index contributed by atoms with van der Waals surface area (Å²) in [5.41, 5.74) is 0.591. The molecule has 0 saturated carbocycles. The van der Waals surface area contributed by atoms with Crippen LogP contribution in [0.25, 0.3) is 0 Å². The predicted octanol–water partition coefficient (Wildman–Crippen LogP) is 3.89. The van der Waals surface area contributed by atoms with Crippen LogP contribution >= 0.6 is 11.6 Å². The van der Waals surface area contributed by atoms with E-state index in [1.165, 1.54) is 18.2 Å². The molecule has 0 heterocycles. The van der Waals surface area contributed by atoms with Crippen LogP contribution in [0.3, 0.4) is 0 Å². The van der Waals surface area contributed by atoms with Crippen molar-refractivity contribution < 1.29 is 17.9 Å². The zero-order chi connectivity index (χ0) is 10.8. The summed E-state index contributed by atoms with van der Waals surface area (Å²) >= 11 is 5.71. The van der Waals surface area contributed by atoms with Gasteiger partial charge in [0.15, 0.2) is 0 Å². The summed E-state index contributed by atoms with van der Waals surface area (Å²) in [5.74, 6) is -0.248. The summed E-state index contributed by atoms with van der Waals surface area (Å²) in [6, 6.07) is 5.61. The van der Waals surface area contributed by atoms with Gasteiger partial charge in [-0.05, 0) is 24.6 Å². The Morgan fingerprint density at radius 2 is 2.00 bits per heavy atom. The lowest BCUT2D eigenvalue weighted by Gasteiger charge is -2.10. The van der Waals surface area contributed by atoms with Crippen LogP contribution in [0.2, 0.25) is 0 Å². The minimum Gasteiger partial charge on any atom is -0.406 e. The van der Waals surface area contributed by atoms with Gasteiger partial charge in [-0.3, -0.25) is 0 Å². The van der Waals surface area contributed by atoms with E-state index in [4.69, 9.17) is 11.6 Å². The van der Waals surface area contributed by atoms with Crippen molar-refractivity contribution in [1.82, 2.24) is 0 Å². The molecule has 0 amide bonds. The molecule has 14 heavy (non-hydrogen) atoms. The van der Waals surface area contributed by atoms with Gasteiger partial charge in [0, 0.05) is 0 Å². The Balaban J connectivity index is 2.84. The smallest absolute Gasteiger partial charge is 0.406 e. The molecular formula is C9H8ClF3O. The molecule has 0 aliphatic heterocycles. The van der Waals surface area contributed by atoms with Crippen molar-refractivity contribution in [2.24, 2.45) is 0 Å². The molecule has 1 rings (SSSR count). The first-order chi connectivity index (χ1) is 6.38. The largest absolute Gasteiger partial charge is 0.573 e. The van der Waals surface area contributed by atoms with Crippen molar-refractivity contribution in [3.63, 3.8) is 0 Å². The standard InChI is InChI=1S/C9H8ClF3O/c1-6(10)7-3-2-4-8(5-7)14-9(11,12)13/h2-6H,1H3. The number of hydrogen-bond acceptors (Lipinski definition) is 1. The van der Waals surface area contributed by atoms with Crippen LogP contribution in [-0.2, 0) is 0 Å². The van der Waals surface area contributed by atoms with Gasteiger partial charge < -0.3 is 4.74 Å². The van der Waals surface area contributed by atoms with Gasteiger partial charge in [-0.25, -0.2) is 0 Å². The van der Waals surface area contributed by atoms with Crippen LogP contribution in [0.1, 0.15) is 17.9 Å². The third-order valence-electron chi connectivity index (χ3n) is 1.55. The fourth-order valence-corrected chi connectivity index (χ4v) is 1.09. The first-order valence-corrected chi connectivity index (χ1v) is 4.32. The molecule has 0 bridgehead atoms. The Labute approximate surface area is 84.4 Å². The summed E-state index contributed by atoms with van der Waals surface area (Å²) < 4.78 is 39.2. The first-order valence-electron chi connectivity index (χ1n) is 3.88. The van der Waals surface area contributed by atoms with Crippen LogP contribution in [0.5, 0.6) is 5.75 Å². The fraction of sp³-hybridized carbons (Fsp3) is 0.333. The van der Waals surface area contributed by atoms with Crippen molar-refractivity contribution in [3.8, 4) is 5.75 Å². The maximum absolute atomic E-state index is 11.8. The summed E-state index contributed by atoms with van der Waals surface area (Å²) in [4.78, 5) is 0. The summed E-state index contributed by atoms with van der Waals surface area (Å²) in [7, 11) is 0. The van der Waals surface area contributed by atoms with Gasteiger partial charge in [0.05, 0.1) is 5.38 Å². The fourth-order valence-electron chi connectivity index (χ4n) is 0.959. The number of hydrogen-bond donors (Lipinski definition) is 0.